The highest BCUT2D eigenvalue weighted by Gasteiger charge is 2.33. The zero-order valence-electron chi connectivity index (χ0n) is 25.8. The summed E-state index contributed by atoms with van der Waals surface area (Å²) in [5.74, 6) is 0.366. The van der Waals surface area contributed by atoms with Crippen molar-refractivity contribution in [2.45, 2.75) is 57.6 Å². The minimum absolute atomic E-state index is 0.0794. The first-order chi connectivity index (χ1) is 20.4. The molecule has 0 heterocycles. The van der Waals surface area contributed by atoms with Crippen LogP contribution in [0.25, 0.3) is 0 Å². The highest BCUT2D eigenvalue weighted by atomic mass is 32.2. The van der Waals surface area contributed by atoms with Gasteiger partial charge in [-0.25, -0.2) is 8.42 Å². The van der Waals surface area contributed by atoms with Crippen LogP contribution >= 0.6 is 0 Å². The van der Waals surface area contributed by atoms with Crippen LogP contribution in [0.2, 0.25) is 0 Å². The Labute approximate surface area is 254 Å². The highest BCUT2D eigenvalue weighted by Crippen LogP contribution is 2.32. The van der Waals surface area contributed by atoms with Gasteiger partial charge in [0.1, 0.15) is 18.3 Å². The zero-order valence-corrected chi connectivity index (χ0v) is 26.6. The van der Waals surface area contributed by atoms with Crippen molar-refractivity contribution >= 4 is 27.5 Å². The fourth-order valence-electron chi connectivity index (χ4n) is 4.32. The fourth-order valence-corrected chi connectivity index (χ4v) is 5.75. The Hall–Kier alpha value is -4.25. The Morgan fingerprint density at radius 2 is 1.49 bits per heavy atom. The molecular formula is C32H41N3O7S. The average Bonchev–Trinajstić information content (AvgIpc) is 3.02. The van der Waals surface area contributed by atoms with Gasteiger partial charge in [0.05, 0.1) is 31.9 Å². The Morgan fingerprint density at radius 1 is 0.860 bits per heavy atom. The third-order valence-electron chi connectivity index (χ3n) is 7.22. The molecule has 0 spiro atoms. The van der Waals surface area contributed by atoms with Crippen LogP contribution in [0.1, 0.15) is 38.3 Å². The van der Waals surface area contributed by atoms with E-state index >= 15 is 0 Å². The fraction of sp³-hybridized carbons (Fsp3) is 0.375. The molecule has 0 saturated carbocycles. The van der Waals surface area contributed by atoms with Gasteiger partial charge in [-0.1, -0.05) is 36.8 Å². The Balaban J connectivity index is 2.06. The van der Waals surface area contributed by atoms with Crippen LogP contribution in [-0.4, -0.2) is 65.1 Å². The van der Waals surface area contributed by atoms with E-state index in [1.807, 2.05) is 20.8 Å². The summed E-state index contributed by atoms with van der Waals surface area (Å²) in [6.07, 6.45) is 0.718. The summed E-state index contributed by atoms with van der Waals surface area (Å²) in [5.41, 5.74) is 1.98. The molecule has 10 nitrogen and oxygen atoms in total. The van der Waals surface area contributed by atoms with Crippen LogP contribution in [-0.2, 0) is 26.2 Å². The van der Waals surface area contributed by atoms with Crippen LogP contribution < -0.4 is 23.8 Å². The number of carbonyl (C=O) groups is 2. The number of ether oxygens (including phenoxy) is 3. The summed E-state index contributed by atoms with van der Waals surface area (Å²) in [6.45, 7) is 6.89. The molecule has 2 amide bonds. The number of hydrogen-bond donors (Lipinski definition) is 1. The quantitative estimate of drug-likeness (QED) is 0.285. The van der Waals surface area contributed by atoms with Gasteiger partial charge in [0.15, 0.2) is 11.5 Å². The van der Waals surface area contributed by atoms with E-state index in [9.17, 15) is 18.0 Å². The monoisotopic (exact) mass is 611 g/mol. The summed E-state index contributed by atoms with van der Waals surface area (Å²) in [4.78, 5) is 28.6. The summed E-state index contributed by atoms with van der Waals surface area (Å²) in [5, 5.41) is 2.93. The number of anilines is 1. The summed E-state index contributed by atoms with van der Waals surface area (Å²) in [6, 6.07) is 17.3. The first kappa shape index (κ1) is 33.3. The molecule has 3 aromatic rings. The minimum Gasteiger partial charge on any atom is -0.497 e. The highest BCUT2D eigenvalue weighted by molar-refractivity contribution is 7.92. The summed E-state index contributed by atoms with van der Waals surface area (Å²) < 4.78 is 45.2. The van der Waals surface area contributed by atoms with E-state index in [1.165, 1.54) is 37.3 Å². The van der Waals surface area contributed by atoms with Crippen LogP contribution in [0.4, 0.5) is 5.69 Å². The molecule has 3 rings (SSSR count). The Bertz CT molecular complexity index is 1490. The number of methoxy groups -OCH3 is 3. The number of amides is 2. The maximum Gasteiger partial charge on any atom is 0.264 e. The van der Waals surface area contributed by atoms with Gasteiger partial charge in [-0.15, -0.1) is 0 Å². The number of nitrogens with zero attached hydrogens (tertiary/aromatic N) is 2. The molecule has 0 aromatic heterocycles. The standard InChI is InChI=1S/C32H41N3O7S/c1-8-23(3)33-32(37)24(4)34(20-25-11-15-27(40-5)16-12-25)31(36)21-35(26-13-9-22(2)10-14-26)43(38,39)28-17-18-29(41-6)30(19-28)42-7/h9-19,23-24H,8,20-21H2,1-7H3,(H,33,37)/t23-,24+/m1/s1. The molecule has 43 heavy (non-hydrogen) atoms. The normalized spacial score (nSPS) is 12.5. The average molecular weight is 612 g/mol. The first-order valence-electron chi connectivity index (χ1n) is 14.0. The molecule has 0 bridgehead atoms. The van der Waals surface area contributed by atoms with E-state index in [0.29, 0.717) is 17.2 Å². The van der Waals surface area contributed by atoms with Gasteiger partial charge in [-0.3, -0.25) is 13.9 Å². The van der Waals surface area contributed by atoms with Crippen LogP contribution in [0, 0.1) is 6.92 Å². The number of hydrogen-bond acceptors (Lipinski definition) is 7. The third-order valence-corrected chi connectivity index (χ3v) is 8.99. The molecule has 0 fully saturated rings. The van der Waals surface area contributed by atoms with Crippen molar-refractivity contribution in [1.29, 1.82) is 0 Å². The second kappa shape index (κ2) is 14.8. The predicted molar refractivity (Wildman–Crippen MR) is 166 cm³/mol. The van der Waals surface area contributed by atoms with Crippen molar-refractivity contribution < 1.29 is 32.2 Å². The molecule has 1 N–H and O–H groups in total. The minimum atomic E-state index is -4.27. The lowest BCUT2D eigenvalue weighted by Crippen LogP contribution is -2.52. The Morgan fingerprint density at radius 3 is 2.05 bits per heavy atom. The molecular weight excluding hydrogens is 570 g/mol. The van der Waals surface area contributed by atoms with E-state index in [2.05, 4.69) is 5.32 Å². The van der Waals surface area contributed by atoms with Crippen LogP contribution in [0.15, 0.2) is 71.6 Å². The van der Waals surface area contributed by atoms with Crippen molar-refractivity contribution in [1.82, 2.24) is 10.2 Å². The van der Waals surface area contributed by atoms with E-state index < -0.39 is 28.5 Å². The second-order valence-corrected chi connectivity index (χ2v) is 12.1. The van der Waals surface area contributed by atoms with Crippen LogP contribution in [0.3, 0.4) is 0 Å². The summed E-state index contributed by atoms with van der Waals surface area (Å²) >= 11 is 0. The van der Waals surface area contributed by atoms with Gasteiger partial charge in [0, 0.05) is 18.7 Å². The molecule has 0 radical (unpaired) electrons. The smallest absolute Gasteiger partial charge is 0.264 e. The SMILES string of the molecule is CC[C@@H](C)NC(=O)[C@H](C)N(Cc1ccc(OC)cc1)C(=O)CN(c1ccc(C)cc1)S(=O)(=O)c1ccc(OC)c(OC)c1. The molecule has 0 aliphatic carbocycles. The lowest BCUT2D eigenvalue weighted by molar-refractivity contribution is -0.139. The van der Waals surface area contributed by atoms with Gasteiger partial charge in [0.25, 0.3) is 10.0 Å². The van der Waals surface area contributed by atoms with E-state index in [-0.39, 0.29) is 29.1 Å². The maximum atomic E-state index is 14.1. The summed E-state index contributed by atoms with van der Waals surface area (Å²) in [7, 11) is 0.162. The number of carbonyl (C=O) groups excluding carboxylic acids is 2. The number of sulfonamides is 1. The number of aryl methyl sites for hydroxylation is 1. The van der Waals surface area contributed by atoms with Crippen molar-refractivity contribution in [2.75, 3.05) is 32.2 Å². The van der Waals surface area contributed by atoms with Crippen molar-refractivity contribution in [3.05, 3.63) is 77.9 Å². The number of benzene rings is 3. The number of rotatable bonds is 14. The molecule has 232 valence electrons. The predicted octanol–water partition coefficient (Wildman–Crippen LogP) is 4.55. The molecule has 0 unspecified atom stereocenters. The lowest BCUT2D eigenvalue weighted by Gasteiger charge is -2.32. The number of nitrogens with one attached hydrogen (secondary N) is 1. The van der Waals surface area contributed by atoms with Gasteiger partial charge >= 0.3 is 0 Å². The van der Waals surface area contributed by atoms with Crippen LogP contribution in [0.5, 0.6) is 17.2 Å². The van der Waals surface area contributed by atoms with Crippen molar-refractivity contribution in [3.63, 3.8) is 0 Å². The zero-order chi connectivity index (χ0) is 31.7. The molecule has 0 aliphatic heterocycles. The molecule has 0 saturated heterocycles. The third kappa shape index (κ3) is 8.19. The molecule has 11 heteroatoms. The van der Waals surface area contributed by atoms with Crippen molar-refractivity contribution in [3.8, 4) is 17.2 Å². The van der Waals surface area contributed by atoms with E-state index in [4.69, 9.17) is 14.2 Å². The Kier molecular flexibility index (Phi) is 11.4. The van der Waals surface area contributed by atoms with E-state index in [0.717, 1.165) is 21.9 Å². The molecule has 0 aliphatic rings. The van der Waals surface area contributed by atoms with Crippen molar-refractivity contribution in [2.24, 2.45) is 0 Å². The first-order valence-corrected chi connectivity index (χ1v) is 15.4. The molecule has 3 aromatic carbocycles. The second-order valence-electron chi connectivity index (χ2n) is 10.2. The van der Waals surface area contributed by atoms with Gasteiger partial charge in [-0.2, -0.15) is 0 Å². The topological polar surface area (TPSA) is 114 Å². The van der Waals surface area contributed by atoms with E-state index in [1.54, 1.807) is 62.6 Å². The largest absolute Gasteiger partial charge is 0.497 e. The molecule has 2 atom stereocenters. The lowest BCUT2D eigenvalue weighted by atomic mass is 10.1. The van der Waals surface area contributed by atoms with Gasteiger partial charge in [0.2, 0.25) is 11.8 Å². The van der Waals surface area contributed by atoms with Gasteiger partial charge < -0.3 is 24.4 Å². The van der Waals surface area contributed by atoms with Gasteiger partial charge in [-0.05, 0) is 69.2 Å². The maximum absolute atomic E-state index is 14.1.